The van der Waals surface area contributed by atoms with E-state index in [1.54, 1.807) is 0 Å². The van der Waals surface area contributed by atoms with Gasteiger partial charge >= 0.3 is 6.18 Å². The Morgan fingerprint density at radius 1 is 1.22 bits per heavy atom. The highest BCUT2D eigenvalue weighted by Crippen LogP contribution is 2.20. The van der Waals surface area contributed by atoms with Crippen LogP contribution in [-0.4, -0.2) is 42.8 Å². The van der Waals surface area contributed by atoms with Crippen LogP contribution in [0.25, 0.3) is 0 Å². The topological polar surface area (TPSA) is 15.3 Å². The number of alkyl halides is 3. The van der Waals surface area contributed by atoms with Crippen molar-refractivity contribution in [2.24, 2.45) is 0 Å². The van der Waals surface area contributed by atoms with E-state index in [1.165, 1.54) is 4.90 Å². The Kier molecular flexibility index (Phi) is 6.43. The van der Waals surface area contributed by atoms with Crippen molar-refractivity contribution in [1.29, 1.82) is 0 Å². The minimum atomic E-state index is -4.06. The molecule has 0 aliphatic carbocycles. The van der Waals surface area contributed by atoms with Crippen molar-refractivity contribution in [2.45, 2.75) is 64.2 Å². The first-order valence-corrected chi connectivity index (χ1v) is 6.99. The van der Waals surface area contributed by atoms with Crippen molar-refractivity contribution in [3.8, 4) is 0 Å². The summed E-state index contributed by atoms with van der Waals surface area (Å²) in [6.07, 6.45) is 0.995. The van der Waals surface area contributed by atoms with Crippen LogP contribution in [0, 0.1) is 0 Å². The first kappa shape index (κ1) is 15.8. The number of nitrogens with zero attached hydrogens (tertiary/aromatic N) is 1. The third-order valence-electron chi connectivity index (χ3n) is 3.59. The zero-order valence-corrected chi connectivity index (χ0v) is 11.4. The Morgan fingerprint density at radius 2 is 1.83 bits per heavy atom. The lowest BCUT2D eigenvalue weighted by Crippen LogP contribution is -2.48. The zero-order chi connectivity index (χ0) is 13.6. The maximum Gasteiger partial charge on any atom is 0.401 e. The summed E-state index contributed by atoms with van der Waals surface area (Å²) in [6, 6.07) is 0.917. The van der Waals surface area contributed by atoms with Crippen molar-refractivity contribution < 1.29 is 13.2 Å². The van der Waals surface area contributed by atoms with Gasteiger partial charge in [-0.1, -0.05) is 20.3 Å². The summed E-state index contributed by atoms with van der Waals surface area (Å²) in [5.41, 5.74) is 0. The number of halogens is 3. The molecule has 0 aromatic carbocycles. The molecular weight excluding hydrogens is 241 g/mol. The molecule has 108 valence electrons. The molecule has 0 aromatic rings. The Hall–Kier alpha value is -0.290. The van der Waals surface area contributed by atoms with Crippen LogP contribution in [0.2, 0.25) is 0 Å². The van der Waals surface area contributed by atoms with Gasteiger partial charge in [0.1, 0.15) is 0 Å². The van der Waals surface area contributed by atoms with Gasteiger partial charge in [0.25, 0.3) is 0 Å². The fourth-order valence-corrected chi connectivity index (χ4v) is 2.60. The van der Waals surface area contributed by atoms with Crippen LogP contribution in [-0.2, 0) is 0 Å². The molecule has 0 spiro atoms. The van der Waals surface area contributed by atoms with Crippen LogP contribution in [0.15, 0.2) is 0 Å². The highest BCUT2D eigenvalue weighted by atomic mass is 19.4. The van der Waals surface area contributed by atoms with Crippen LogP contribution in [0.3, 0.4) is 0 Å². The summed E-state index contributed by atoms with van der Waals surface area (Å²) in [5, 5.41) is 3.58. The van der Waals surface area contributed by atoms with Gasteiger partial charge in [-0.2, -0.15) is 13.2 Å². The quantitative estimate of drug-likeness (QED) is 0.794. The molecule has 2 nitrogen and oxygen atoms in total. The molecule has 1 saturated heterocycles. The van der Waals surface area contributed by atoms with Crippen LogP contribution in [0.5, 0.6) is 0 Å². The van der Waals surface area contributed by atoms with E-state index in [1.807, 2.05) is 0 Å². The van der Waals surface area contributed by atoms with Gasteiger partial charge in [0.15, 0.2) is 0 Å². The van der Waals surface area contributed by atoms with E-state index in [4.69, 9.17) is 0 Å². The SMILES string of the molecule is CCCC(CC)NC1CCN(CC(F)(F)F)CC1. The van der Waals surface area contributed by atoms with Crippen molar-refractivity contribution >= 4 is 0 Å². The lowest BCUT2D eigenvalue weighted by atomic mass is 10.0. The maximum atomic E-state index is 12.2. The molecule has 0 amide bonds. The summed E-state index contributed by atoms with van der Waals surface area (Å²) in [6.45, 7) is 4.67. The molecule has 0 bridgehead atoms. The van der Waals surface area contributed by atoms with Crippen LogP contribution >= 0.6 is 0 Å². The Balaban J connectivity index is 2.26. The third-order valence-corrected chi connectivity index (χ3v) is 3.59. The minimum Gasteiger partial charge on any atom is -0.311 e. The molecule has 5 heteroatoms. The summed E-state index contributed by atoms with van der Waals surface area (Å²) in [4.78, 5) is 1.51. The van der Waals surface area contributed by atoms with E-state index in [9.17, 15) is 13.2 Å². The second kappa shape index (κ2) is 7.34. The zero-order valence-electron chi connectivity index (χ0n) is 11.4. The van der Waals surface area contributed by atoms with Gasteiger partial charge in [-0.05, 0) is 38.8 Å². The van der Waals surface area contributed by atoms with E-state index in [0.717, 1.165) is 32.1 Å². The molecular formula is C13H25F3N2. The number of nitrogens with one attached hydrogen (secondary N) is 1. The molecule has 18 heavy (non-hydrogen) atoms. The number of likely N-dealkylation sites (tertiary alicyclic amines) is 1. The Labute approximate surface area is 108 Å². The van der Waals surface area contributed by atoms with Gasteiger partial charge in [-0.25, -0.2) is 0 Å². The normalized spacial score (nSPS) is 21.2. The van der Waals surface area contributed by atoms with Crippen LogP contribution < -0.4 is 5.32 Å². The molecule has 1 aliphatic rings. The summed E-state index contributed by atoms with van der Waals surface area (Å²) in [5.74, 6) is 0. The molecule has 1 N–H and O–H groups in total. The van der Waals surface area contributed by atoms with E-state index >= 15 is 0 Å². The predicted octanol–water partition coefficient (Wildman–Crippen LogP) is 3.18. The molecule has 0 saturated carbocycles. The minimum absolute atomic E-state index is 0.394. The molecule has 0 radical (unpaired) electrons. The largest absolute Gasteiger partial charge is 0.401 e. The van der Waals surface area contributed by atoms with Gasteiger partial charge in [0.2, 0.25) is 0 Å². The van der Waals surface area contributed by atoms with E-state index in [2.05, 4.69) is 19.2 Å². The molecule has 1 atom stereocenters. The van der Waals surface area contributed by atoms with Gasteiger partial charge in [-0.15, -0.1) is 0 Å². The first-order chi connectivity index (χ1) is 8.44. The van der Waals surface area contributed by atoms with Gasteiger partial charge in [0.05, 0.1) is 6.54 Å². The van der Waals surface area contributed by atoms with Gasteiger partial charge in [-0.3, -0.25) is 4.90 Å². The van der Waals surface area contributed by atoms with Crippen LogP contribution in [0.4, 0.5) is 13.2 Å². The third kappa shape index (κ3) is 6.05. The molecule has 1 unspecified atom stereocenters. The highest BCUT2D eigenvalue weighted by Gasteiger charge is 2.32. The smallest absolute Gasteiger partial charge is 0.311 e. The number of piperidine rings is 1. The van der Waals surface area contributed by atoms with E-state index in [-0.39, 0.29) is 0 Å². The monoisotopic (exact) mass is 266 g/mol. The van der Waals surface area contributed by atoms with Crippen LogP contribution in [0.1, 0.15) is 46.0 Å². The van der Waals surface area contributed by atoms with Crippen molar-refractivity contribution in [3.05, 3.63) is 0 Å². The second-order valence-corrected chi connectivity index (χ2v) is 5.23. The second-order valence-electron chi connectivity index (χ2n) is 5.23. The maximum absolute atomic E-state index is 12.2. The average molecular weight is 266 g/mol. The van der Waals surface area contributed by atoms with Crippen molar-refractivity contribution in [3.63, 3.8) is 0 Å². The number of rotatable bonds is 6. The van der Waals surface area contributed by atoms with Gasteiger partial charge < -0.3 is 5.32 Å². The molecule has 1 heterocycles. The standard InChI is InChI=1S/C13H25F3N2/c1-3-5-11(4-2)17-12-6-8-18(9-7-12)10-13(14,15)16/h11-12,17H,3-10H2,1-2H3. The van der Waals surface area contributed by atoms with E-state index in [0.29, 0.717) is 25.2 Å². The Morgan fingerprint density at radius 3 is 2.28 bits per heavy atom. The lowest BCUT2D eigenvalue weighted by molar-refractivity contribution is -0.148. The summed E-state index contributed by atoms with van der Waals surface area (Å²) in [7, 11) is 0. The number of hydrogen-bond acceptors (Lipinski definition) is 2. The fourth-order valence-electron chi connectivity index (χ4n) is 2.60. The van der Waals surface area contributed by atoms with Crippen molar-refractivity contribution in [2.75, 3.05) is 19.6 Å². The summed E-state index contributed by atoms with van der Waals surface area (Å²) < 4.78 is 36.7. The average Bonchev–Trinajstić information content (AvgIpc) is 2.29. The number of hydrogen-bond donors (Lipinski definition) is 1. The molecule has 0 aromatic heterocycles. The lowest BCUT2D eigenvalue weighted by Gasteiger charge is -2.34. The first-order valence-electron chi connectivity index (χ1n) is 6.99. The van der Waals surface area contributed by atoms with E-state index < -0.39 is 12.7 Å². The van der Waals surface area contributed by atoms with Gasteiger partial charge in [0, 0.05) is 12.1 Å². The highest BCUT2D eigenvalue weighted by molar-refractivity contribution is 4.81. The summed E-state index contributed by atoms with van der Waals surface area (Å²) >= 11 is 0. The van der Waals surface area contributed by atoms with Crippen molar-refractivity contribution in [1.82, 2.24) is 10.2 Å². The Bertz CT molecular complexity index is 223. The molecule has 1 rings (SSSR count). The molecule has 1 fully saturated rings. The predicted molar refractivity (Wildman–Crippen MR) is 67.6 cm³/mol. The molecule has 1 aliphatic heterocycles. The fraction of sp³-hybridized carbons (Fsp3) is 1.00.